The van der Waals surface area contributed by atoms with Crippen LogP contribution in [0.15, 0.2) is 54.6 Å². The van der Waals surface area contributed by atoms with Crippen molar-refractivity contribution in [3.05, 3.63) is 60.2 Å². The van der Waals surface area contributed by atoms with Crippen LogP contribution in [0.5, 0.6) is 11.5 Å². The van der Waals surface area contributed by atoms with Gasteiger partial charge in [0, 0.05) is 25.7 Å². The Morgan fingerprint density at radius 2 is 1.77 bits per heavy atom. The molecule has 1 fully saturated rings. The number of carbonyl (C=O) groups excluding carboxylic acids is 1. The number of likely N-dealkylation sites (tertiary alicyclic amines) is 1. The number of nitrogens with zero attached hydrogens (tertiary/aromatic N) is 1. The third-order valence-corrected chi connectivity index (χ3v) is 5.85. The Morgan fingerprint density at radius 3 is 2.47 bits per heavy atom. The second kappa shape index (κ2) is 9.47. The molecule has 0 aromatic heterocycles. The highest BCUT2D eigenvalue weighted by Gasteiger charge is 2.31. The number of piperidine rings is 1. The molecule has 4 rings (SSSR count). The van der Waals surface area contributed by atoms with Crippen molar-refractivity contribution in [1.82, 2.24) is 10.2 Å². The van der Waals surface area contributed by atoms with E-state index >= 15 is 0 Å². The van der Waals surface area contributed by atoms with Gasteiger partial charge in [0.15, 0.2) is 17.6 Å². The van der Waals surface area contributed by atoms with E-state index in [1.165, 1.54) is 0 Å². The first-order chi connectivity index (χ1) is 14.6. The molecule has 30 heavy (non-hydrogen) atoms. The summed E-state index contributed by atoms with van der Waals surface area (Å²) in [5.41, 5.74) is 6.63. The molecule has 1 saturated heterocycles. The molecule has 2 aliphatic rings. The molecule has 2 aromatic carbocycles. The zero-order valence-electron chi connectivity index (χ0n) is 16.9. The van der Waals surface area contributed by atoms with Gasteiger partial charge in [0.1, 0.15) is 18.8 Å². The highest BCUT2D eigenvalue weighted by molar-refractivity contribution is 5.81. The topological polar surface area (TPSA) is 97.1 Å². The number of hydrogen-bond donors (Lipinski definition) is 3. The number of ether oxygens (including phenoxy) is 2. The largest absolute Gasteiger partial charge is 0.486 e. The number of benzene rings is 2. The number of primary amides is 1. The molecule has 2 heterocycles. The van der Waals surface area contributed by atoms with Crippen LogP contribution in [-0.4, -0.2) is 60.4 Å². The lowest BCUT2D eigenvalue weighted by atomic mass is 9.98. The summed E-state index contributed by atoms with van der Waals surface area (Å²) in [5.74, 6) is 1.06. The van der Waals surface area contributed by atoms with Crippen LogP contribution in [0.3, 0.4) is 0 Å². The molecular formula is C23H29N3O4. The molecule has 0 saturated carbocycles. The van der Waals surface area contributed by atoms with Crippen LogP contribution in [-0.2, 0) is 4.79 Å². The van der Waals surface area contributed by atoms with Crippen molar-refractivity contribution in [3.63, 3.8) is 0 Å². The SMILES string of the molecule is NC(=O)C(c1ccccc1)N1CCC(NCC(O)C2COc3ccccc3O2)CC1. The van der Waals surface area contributed by atoms with Crippen molar-refractivity contribution in [2.45, 2.75) is 37.1 Å². The maximum atomic E-state index is 12.1. The van der Waals surface area contributed by atoms with Gasteiger partial charge in [0.25, 0.3) is 0 Å². The molecule has 0 bridgehead atoms. The quantitative estimate of drug-likeness (QED) is 0.638. The van der Waals surface area contributed by atoms with Crippen LogP contribution in [0.1, 0.15) is 24.4 Å². The number of aliphatic hydroxyl groups excluding tert-OH is 1. The number of amides is 1. The molecule has 4 N–H and O–H groups in total. The van der Waals surface area contributed by atoms with Gasteiger partial charge in [0.2, 0.25) is 5.91 Å². The van der Waals surface area contributed by atoms with Crippen molar-refractivity contribution >= 4 is 5.91 Å². The summed E-state index contributed by atoms with van der Waals surface area (Å²) in [7, 11) is 0. The summed E-state index contributed by atoms with van der Waals surface area (Å²) >= 11 is 0. The van der Waals surface area contributed by atoms with Crippen molar-refractivity contribution in [3.8, 4) is 11.5 Å². The normalized spacial score (nSPS) is 21.7. The Kier molecular flexibility index (Phi) is 6.52. The molecule has 7 nitrogen and oxygen atoms in total. The van der Waals surface area contributed by atoms with Crippen LogP contribution in [0.2, 0.25) is 0 Å². The summed E-state index contributed by atoms with van der Waals surface area (Å²) in [6.45, 7) is 2.30. The fraction of sp³-hybridized carbons (Fsp3) is 0.435. The second-order valence-corrected chi connectivity index (χ2v) is 7.92. The predicted octanol–water partition coefficient (Wildman–Crippen LogP) is 1.47. The molecular weight excluding hydrogens is 382 g/mol. The summed E-state index contributed by atoms with van der Waals surface area (Å²) < 4.78 is 11.6. The number of nitrogens with two attached hydrogens (primary N) is 1. The monoisotopic (exact) mass is 411 g/mol. The summed E-state index contributed by atoms with van der Waals surface area (Å²) in [4.78, 5) is 14.2. The number of fused-ring (bicyclic) bond motifs is 1. The van der Waals surface area contributed by atoms with Crippen LogP contribution >= 0.6 is 0 Å². The van der Waals surface area contributed by atoms with Crippen molar-refractivity contribution in [2.75, 3.05) is 26.2 Å². The van der Waals surface area contributed by atoms with Gasteiger partial charge >= 0.3 is 0 Å². The molecule has 3 atom stereocenters. The van der Waals surface area contributed by atoms with Crippen LogP contribution < -0.4 is 20.5 Å². The van der Waals surface area contributed by atoms with Crippen molar-refractivity contribution in [1.29, 1.82) is 0 Å². The fourth-order valence-corrected chi connectivity index (χ4v) is 4.20. The van der Waals surface area contributed by atoms with Crippen molar-refractivity contribution < 1.29 is 19.4 Å². The number of hydrogen-bond acceptors (Lipinski definition) is 6. The number of carbonyl (C=O) groups is 1. The minimum Gasteiger partial charge on any atom is -0.486 e. The van der Waals surface area contributed by atoms with Crippen molar-refractivity contribution in [2.24, 2.45) is 5.73 Å². The second-order valence-electron chi connectivity index (χ2n) is 7.92. The van der Waals surface area contributed by atoms with E-state index in [1.807, 2.05) is 54.6 Å². The van der Waals surface area contributed by atoms with Gasteiger partial charge < -0.3 is 25.6 Å². The Hall–Kier alpha value is -2.61. The molecule has 7 heteroatoms. The van der Waals surface area contributed by atoms with Gasteiger partial charge in [-0.1, -0.05) is 42.5 Å². The van der Waals surface area contributed by atoms with Gasteiger partial charge in [-0.2, -0.15) is 0 Å². The summed E-state index contributed by atoms with van der Waals surface area (Å²) in [5, 5.41) is 14.0. The smallest absolute Gasteiger partial charge is 0.239 e. The number of rotatable bonds is 7. The lowest BCUT2D eigenvalue weighted by Crippen LogP contribution is -2.50. The Balaban J connectivity index is 1.25. The van der Waals surface area contributed by atoms with E-state index in [-0.39, 0.29) is 11.9 Å². The molecule has 160 valence electrons. The van der Waals surface area contributed by atoms with E-state index in [1.54, 1.807) is 0 Å². The fourth-order valence-electron chi connectivity index (χ4n) is 4.20. The average molecular weight is 412 g/mol. The zero-order chi connectivity index (χ0) is 20.9. The third-order valence-electron chi connectivity index (χ3n) is 5.85. The number of nitrogens with one attached hydrogen (secondary N) is 1. The van der Waals surface area contributed by atoms with Gasteiger partial charge in [0.05, 0.1) is 0 Å². The minimum atomic E-state index is -0.668. The Morgan fingerprint density at radius 1 is 1.10 bits per heavy atom. The predicted molar refractivity (Wildman–Crippen MR) is 113 cm³/mol. The Labute approximate surface area is 176 Å². The van der Waals surface area contributed by atoms with E-state index in [4.69, 9.17) is 15.2 Å². The van der Waals surface area contributed by atoms with Crippen LogP contribution in [0, 0.1) is 0 Å². The van der Waals surface area contributed by atoms with E-state index in [0.29, 0.717) is 24.7 Å². The van der Waals surface area contributed by atoms with Gasteiger partial charge in [-0.25, -0.2) is 0 Å². The first-order valence-corrected chi connectivity index (χ1v) is 10.5. The number of aliphatic hydroxyl groups is 1. The standard InChI is InChI=1S/C23H29N3O4/c24-23(28)22(16-6-2-1-3-7-16)26-12-10-17(11-13-26)25-14-18(27)21-15-29-19-8-4-5-9-20(19)30-21/h1-9,17-18,21-22,25,27H,10-15H2,(H2,24,28). The van der Waals surface area contributed by atoms with E-state index in [0.717, 1.165) is 31.5 Å². The first kappa shape index (κ1) is 20.7. The molecule has 0 radical (unpaired) electrons. The van der Waals surface area contributed by atoms with E-state index < -0.39 is 18.2 Å². The highest BCUT2D eigenvalue weighted by Crippen LogP contribution is 2.31. The highest BCUT2D eigenvalue weighted by atomic mass is 16.6. The van der Waals surface area contributed by atoms with E-state index in [2.05, 4.69) is 10.2 Å². The lowest BCUT2D eigenvalue weighted by Gasteiger charge is -2.37. The lowest BCUT2D eigenvalue weighted by molar-refractivity contribution is -0.124. The van der Waals surface area contributed by atoms with Gasteiger partial charge in [-0.05, 0) is 30.5 Å². The first-order valence-electron chi connectivity index (χ1n) is 10.5. The summed E-state index contributed by atoms with van der Waals surface area (Å²) in [6.07, 6.45) is 0.700. The number of para-hydroxylation sites is 2. The van der Waals surface area contributed by atoms with Gasteiger partial charge in [-0.3, -0.25) is 9.69 Å². The molecule has 2 aliphatic heterocycles. The molecule has 3 unspecified atom stereocenters. The molecule has 1 amide bonds. The average Bonchev–Trinajstić information content (AvgIpc) is 2.78. The third kappa shape index (κ3) is 4.75. The zero-order valence-corrected chi connectivity index (χ0v) is 16.9. The molecule has 0 spiro atoms. The maximum Gasteiger partial charge on any atom is 0.239 e. The summed E-state index contributed by atoms with van der Waals surface area (Å²) in [6, 6.07) is 17.0. The Bertz CT molecular complexity index is 839. The van der Waals surface area contributed by atoms with E-state index in [9.17, 15) is 9.90 Å². The van der Waals surface area contributed by atoms with Crippen LogP contribution in [0.4, 0.5) is 0 Å². The minimum absolute atomic E-state index is 0.275. The molecule has 2 aromatic rings. The van der Waals surface area contributed by atoms with Crippen LogP contribution in [0.25, 0.3) is 0 Å². The maximum absolute atomic E-state index is 12.1. The van der Waals surface area contributed by atoms with Gasteiger partial charge in [-0.15, -0.1) is 0 Å². The molecule has 0 aliphatic carbocycles.